The molecule has 0 aromatic heterocycles. The molecular weight excluding hydrogens is 256 g/mol. The van der Waals surface area contributed by atoms with Gasteiger partial charge in [0.05, 0.1) is 6.10 Å². The Morgan fingerprint density at radius 2 is 1.95 bits per heavy atom. The number of aliphatic hydroxyl groups excluding tert-OH is 1. The van der Waals surface area contributed by atoms with Gasteiger partial charge in [0.15, 0.2) is 0 Å². The van der Waals surface area contributed by atoms with Crippen LogP contribution in [-0.4, -0.2) is 29.6 Å². The second-order valence-corrected chi connectivity index (χ2v) is 5.84. The van der Waals surface area contributed by atoms with Crippen LogP contribution >= 0.6 is 0 Å². The Kier molecular flexibility index (Phi) is 5.27. The van der Waals surface area contributed by atoms with Crippen LogP contribution in [0.5, 0.6) is 0 Å². The highest BCUT2D eigenvalue weighted by molar-refractivity contribution is 5.98. The number of carbonyl (C=O) groups excluding carboxylic acids is 2. The molecule has 1 aromatic carbocycles. The van der Waals surface area contributed by atoms with Gasteiger partial charge in [-0.25, -0.2) is 0 Å². The summed E-state index contributed by atoms with van der Waals surface area (Å²) in [5, 5.41) is 14.5. The lowest BCUT2D eigenvalue weighted by Gasteiger charge is -2.18. The molecule has 0 aliphatic rings. The van der Waals surface area contributed by atoms with Gasteiger partial charge < -0.3 is 15.7 Å². The van der Waals surface area contributed by atoms with E-state index in [9.17, 15) is 9.59 Å². The molecule has 0 heterocycles. The number of anilines is 1. The molecule has 5 heteroatoms. The summed E-state index contributed by atoms with van der Waals surface area (Å²) in [5.74, 6) is -0.392. The van der Waals surface area contributed by atoms with Crippen molar-refractivity contribution in [2.45, 2.75) is 33.8 Å². The molecule has 0 aliphatic heterocycles. The summed E-state index contributed by atoms with van der Waals surface area (Å²) in [5.41, 5.74) is 0.525. The highest BCUT2D eigenvalue weighted by Crippen LogP contribution is 2.18. The Bertz CT molecular complexity index is 490. The Morgan fingerprint density at radius 3 is 2.50 bits per heavy atom. The average Bonchev–Trinajstić information content (AvgIpc) is 2.35. The van der Waals surface area contributed by atoms with Crippen LogP contribution in [0.3, 0.4) is 0 Å². The predicted molar refractivity (Wildman–Crippen MR) is 78.5 cm³/mol. The maximum Gasteiger partial charge on any atom is 0.251 e. The lowest BCUT2D eigenvalue weighted by molar-refractivity contribution is -0.123. The van der Waals surface area contributed by atoms with Gasteiger partial charge >= 0.3 is 0 Å². The van der Waals surface area contributed by atoms with Crippen molar-refractivity contribution in [2.24, 2.45) is 5.41 Å². The molecule has 0 spiro atoms. The summed E-state index contributed by atoms with van der Waals surface area (Å²) >= 11 is 0. The van der Waals surface area contributed by atoms with Crippen molar-refractivity contribution in [3.8, 4) is 0 Å². The van der Waals surface area contributed by atoms with Crippen molar-refractivity contribution in [3.05, 3.63) is 29.8 Å². The lowest BCUT2D eigenvalue weighted by atomic mass is 9.95. The van der Waals surface area contributed by atoms with Crippen molar-refractivity contribution in [1.82, 2.24) is 5.32 Å². The standard InChI is InChI=1S/C15H22N2O3/c1-10(18)9-16-13(19)11-6-5-7-12(8-11)17-14(20)15(2,3)4/h5-8,10,18H,9H2,1-4H3,(H,16,19)(H,17,20). The van der Waals surface area contributed by atoms with E-state index in [4.69, 9.17) is 5.11 Å². The fraction of sp³-hybridized carbons (Fsp3) is 0.467. The SMILES string of the molecule is CC(O)CNC(=O)c1cccc(NC(=O)C(C)(C)C)c1. The molecule has 1 unspecified atom stereocenters. The predicted octanol–water partition coefficient (Wildman–Crippen LogP) is 1.78. The van der Waals surface area contributed by atoms with Gasteiger partial charge in [-0.3, -0.25) is 9.59 Å². The molecule has 1 aromatic rings. The fourth-order valence-electron chi connectivity index (χ4n) is 1.40. The van der Waals surface area contributed by atoms with E-state index in [1.54, 1.807) is 31.2 Å². The van der Waals surface area contributed by atoms with Gasteiger partial charge in [0.25, 0.3) is 5.91 Å². The van der Waals surface area contributed by atoms with E-state index in [1.807, 2.05) is 20.8 Å². The third-order valence-electron chi connectivity index (χ3n) is 2.62. The van der Waals surface area contributed by atoms with E-state index >= 15 is 0 Å². The van der Waals surface area contributed by atoms with Gasteiger partial charge in [0.2, 0.25) is 5.91 Å². The minimum atomic E-state index is -0.595. The number of aliphatic hydroxyl groups is 1. The zero-order valence-electron chi connectivity index (χ0n) is 12.4. The number of amides is 2. The third-order valence-corrected chi connectivity index (χ3v) is 2.62. The van der Waals surface area contributed by atoms with Crippen LogP contribution in [0.15, 0.2) is 24.3 Å². The van der Waals surface area contributed by atoms with Crippen molar-refractivity contribution in [2.75, 3.05) is 11.9 Å². The molecule has 0 saturated heterocycles. The van der Waals surface area contributed by atoms with E-state index in [1.165, 1.54) is 0 Å². The smallest absolute Gasteiger partial charge is 0.251 e. The number of hydrogen-bond donors (Lipinski definition) is 3. The van der Waals surface area contributed by atoms with E-state index in [-0.39, 0.29) is 18.4 Å². The van der Waals surface area contributed by atoms with Gasteiger partial charge in [0, 0.05) is 23.2 Å². The summed E-state index contributed by atoms with van der Waals surface area (Å²) < 4.78 is 0. The van der Waals surface area contributed by atoms with Crippen molar-refractivity contribution in [1.29, 1.82) is 0 Å². The summed E-state index contributed by atoms with van der Waals surface area (Å²) in [4.78, 5) is 23.7. The number of nitrogens with one attached hydrogen (secondary N) is 2. The number of hydrogen-bond acceptors (Lipinski definition) is 3. The topological polar surface area (TPSA) is 78.4 Å². The summed E-state index contributed by atoms with van der Waals surface area (Å²) in [6, 6.07) is 6.70. The summed E-state index contributed by atoms with van der Waals surface area (Å²) in [6.07, 6.45) is -0.595. The van der Waals surface area contributed by atoms with Gasteiger partial charge in [-0.05, 0) is 25.1 Å². The Hall–Kier alpha value is -1.88. The maximum absolute atomic E-state index is 11.9. The molecule has 2 amide bonds. The van der Waals surface area contributed by atoms with Crippen molar-refractivity contribution < 1.29 is 14.7 Å². The lowest BCUT2D eigenvalue weighted by Crippen LogP contribution is -2.31. The largest absolute Gasteiger partial charge is 0.392 e. The highest BCUT2D eigenvalue weighted by atomic mass is 16.3. The monoisotopic (exact) mass is 278 g/mol. The summed E-state index contributed by atoms with van der Waals surface area (Å²) in [6.45, 7) is 7.25. The highest BCUT2D eigenvalue weighted by Gasteiger charge is 2.21. The van der Waals surface area contributed by atoms with E-state index in [0.717, 1.165) is 0 Å². The van der Waals surface area contributed by atoms with Crippen molar-refractivity contribution >= 4 is 17.5 Å². The molecule has 5 nitrogen and oxygen atoms in total. The molecule has 110 valence electrons. The van der Waals surface area contributed by atoms with Gasteiger partial charge in [-0.1, -0.05) is 26.8 Å². The molecule has 20 heavy (non-hydrogen) atoms. The second-order valence-electron chi connectivity index (χ2n) is 5.84. The Balaban J connectivity index is 2.76. The number of rotatable bonds is 4. The molecule has 1 atom stereocenters. The normalized spacial score (nSPS) is 12.7. The molecule has 0 fully saturated rings. The third kappa shape index (κ3) is 5.01. The van der Waals surface area contributed by atoms with E-state index < -0.39 is 11.5 Å². The van der Waals surface area contributed by atoms with Crippen LogP contribution in [-0.2, 0) is 4.79 Å². The van der Waals surface area contributed by atoms with Crippen LogP contribution < -0.4 is 10.6 Å². The number of benzene rings is 1. The molecule has 3 N–H and O–H groups in total. The zero-order valence-corrected chi connectivity index (χ0v) is 12.4. The maximum atomic E-state index is 11.9. The molecule has 0 bridgehead atoms. The first-order valence-corrected chi connectivity index (χ1v) is 6.58. The Labute approximate surface area is 119 Å². The molecule has 0 aliphatic carbocycles. The zero-order chi connectivity index (χ0) is 15.3. The van der Waals surface area contributed by atoms with Crippen LogP contribution in [0.2, 0.25) is 0 Å². The first kappa shape index (κ1) is 16.2. The van der Waals surface area contributed by atoms with Crippen LogP contribution in [0.4, 0.5) is 5.69 Å². The van der Waals surface area contributed by atoms with E-state index in [2.05, 4.69) is 10.6 Å². The summed E-state index contributed by atoms with van der Waals surface area (Å²) in [7, 11) is 0. The van der Waals surface area contributed by atoms with Gasteiger partial charge in [0.1, 0.15) is 0 Å². The quantitative estimate of drug-likeness (QED) is 0.785. The van der Waals surface area contributed by atoms with E-state index in [0.29, 0.717) is 11.3 Å². The van der Waals surface area contributed by atoms with Gasteiger partial charge in [-0.2, -0.15) is 0 Å². The first-order chi connectivity index (χ1) is 9.20. The second kappa shape index (κ2) is 6.52. The minimum absolute atomic E-state index is 0.112. The Morgan fingerprint density at radius 1 is 1.30 bits per heavy atom. The molecule has 0 saturated carbocycles. The average molecular weight is 278 g/mol. The molecule has 1 rings (SSSR count). The molecular formula is C15H22N2O3. The number of carbonyl (C=O) groups is 2. The van der Waals surface area contributed by atoms with Crippen LogP contribution in [0, 0.1) is 5.41 Å². The van der Waals surface area contributed by atoms with Gasteiger partial charge in [-0.15, -0.1) is 0 Å². The first-order valence-electron chi connectivity index (χ1n) is 6.58. The van der Waals surface area contributed by atoms with Crippen molar-refractivity contribution in [3.63, 3.8) is 0 Å². The van der Waals surface area contributed by atoms with Crippen LogP contribution in [0.1, 0.15) is 38.1 Å². The minimum Gasteiger partial charge on any atom is -0.392 e. The van der Waals surface area contributed by atoms with Crippen LogP contribution in [0.25, 0.3) is 0 Å². The molecule has 0 radical (unpaired) electrons. The fourth-order valence-corrected chi connectivity index (χ4v) is 1.40.